The van der Waals surface area contributed by atoms with Crippen LogP contribution in [0.2, 0.25) is 0 Å². The quantitative estimate of drug-likeness (QED) is 0.770. The molecule has 5 heteroatoms. The first-order valence-electron chi connectivity index (χ1n) is 6.25. The van der Waals surface area contributed by atoms with Crippen molar-refractivity contribution in [1.82, 2.24) is 14.5 Å². The molecule has 0 saturated heterocycles. The number of rotatable bonds is 6. The fourth-order valence-corrected chi connectivity index (χ4v) is 1.84. The molecular formula is C13H20N4O. The Kier molecular flexibility index (Phi) is 5.37. The first kappa shape index (κ1) is 14.2. The van der Waals surface area contributed by atoms with E-state index in [9.17, 15) is 4.79 Å². The van der Waals surface area contributed by atoms with Crippen molar-refractivity contribution in [3.63, 3.8) is 0 Å². The van der Waals surface area contributed by atoms with Crippen molar-refractivity contribution in [2.75, 3.05) is 13.1 Å². The van der Waals surface area contributed by atoms with Crippen molar-refractivity contribution < 1.29 is 4.79 Å². The predicted octanol–water partition coefficient (Wildman–Crippen LogP) is 1.77. The van der Waals surface area contributed by atoms with Gasteiger partial charge in [0.1, 0.15) is 12.4 Å². The Morgan fingerprint density at radius 1 is 1.61 bits per heavy atom. The normalized spacial score (nSPS) is 10.4. The summed E-state index contributed by atoms with van der Waals surface area (Å²) in [7, 11) is 0. The van der Waals surface area contributed by atoms with Crippen LogP contribution in [0, 0.1) is 11.3 Å². The Bertz CT molecular complexity index is 430. The van der Waals surface area contributed by atoms with Crippen LogP contribution in [0.3, 0.4) is 0 Å². The van der Waals surface area contributed by atoms with Crippen LogP contribution in [0.4, 0.5) is 0 Å². The van der Waals surface area contributed by atoms with Crippen LogP contribution in [0.15, 0.2) is 12.4 Å². The highest BCUT2D eigenvalue weighted by molar-refractivity contribution is 5.76. The van der Waals surface area contributed by atoms with Gasteiger partial charge in [0.05, 0.1) is 12.5 Å². The Hall–Kier alpha value is -1.83. The molecule has 0 fully saturated rings. The van der Waals surface area contributed by atoms with Crippen molar-refractivity contribution in [3.05, 3.63) is 18.2 Å². The largest absolute Gasteiger partial charge is 0.340 e. The van der Waals surface area contributed by atoms with Gasteiger partial charge in [-0.2, -0.15) is 5.26 Å². The highest BCUT2D eigenvalue weighted by Gasteiger charge is 2.14. The lowest BCUT2D eigenvalue weighted by atomic mass is 10.2. The van der Waals surface area contributed by atoms with Gasteiger partial charge in [-0.1, -0.05) is 13.8 Å². The third-order valence-electron chi connectivity index (χ3n) is 2.80. The second kappa shape index (κ2) is 6.80. The Morgan fingerprint density at radius 3 is 2.89 bits per heavy atom. The van der Waals surface area contributed by atoms with Crippen LogP contribution in [-0.4, -0.2) is 33.4 Å². The zero-order valence-electron chi connectivity index (χ0n) is 11.3. The van der Waals surface area contributed by atoms with Crippen LogP contribution in [0.1, 0.15) is 38.9 Å². The molecule has 1 heterocycles. The van der Waals surface area contributed by atoms with Gasteiger partial charge in [0, 0.05) is 31.4 Å². The van der Waals surface area contributed by atoms with E-state index in [4.69, 9.17) is 5.26 Å². The van der Waals surface area contributed by atoms with Gasteiger partial charge in [0.2, 0.25) is 5.91 Å². The molecule has 0 bridgehead atoms. The van der Waals surface area contributed by atoms with E-state index < -0.39 is 0 Å². The lowest BCUT2D eigenvalue weighted by molar-refractivity contribution is -0.131. The van der Waals surface area contributed by atoms with Crippen LogP contribution in [-0.2, 0) is 11.3 Å². The zero-order chi connectivity index (χ0) is 13.5. The SMILES string of the molecule is CCN(CCC#N)C(=O)Cn1ccnc1C(C)C. The maximum Gasteiger partial charge on any atom is 0.242 e. The van der Waals surface area contributed by atoms with E-state index >= 15 is 0 Å². The number of aromatic nitrogens is 2. The summed E-state index contributed by atoms with van der Waals surface area (Å²) in [6.45, 7) is 7.45. The van der Waals surface area contributed by atoms with Crippen molar-refractivity contribution in [3.8, 4) is 6.07 Å². The van der Waals surface area contributed by atoms with Crippen molar-refractivity contribution in [1.29, 1.82) is 5.26 Å². The van der Waals surface area contributed by atoms with E-state index in [0.717, 1.165) is 5.82 Å². The lowest BCUT2D eigenvalue weighted by Crippen LogP contribution is -2.34. The first-order chi connectivity index (χ1) is 8.60. The molecule has 0 N–H and O–H groups in total. The van der Waals surface area contributed by atoms with Crippen molar-refractivity contribution in [2.24, 2.45) is 0 Å². The van der Waals surface area contributed by atoms with Gasteiger partial charge in [0.25, 0.3) is 0 Å². The minimum Gasteiger partial charge on any atom is -0.340 e. The van der Waals surface area contributed by atoms with E-state index in [2.05, 4.69) is 24.9 Å². The summed E-state index contributed by atoms with van der Waals surface area (Å²) in [5.41, 5.74) is 0. The molecule has 0 radical (unpaired) electrons. The zero-order valence-corrected chi connectivity index (χ0v) is 11.3. The fraction of sp³-hybridized carbons (Fsp3) is 0.615. The molecular weight excluding hydrogens is 228 g/mol. The number of hydrogen-bond donors (Lipinski definition) is 0. The minimum atomic E-state index is 0.0349. The summed E-state index contributed by atoms with van der Waals surface area (Å²) in [6.07, 6.45) is 3.92. The molecule has 0 saturated carbocycles. The van der Waals surface area contributed by atoms with E-state index in [1.807, 2.05) is 17.7 Å². The van der Waals surface area contributed by atoms with E-state index in [-0.39, 0.29) is 5.91 Å². The van der Waals surface area contributed by atoms with Crippen LogP contribution >= 0.6 is 0 Å². The average molecular weight is 248 g/mol. The average Bonchev–Trinajstić information content (AvgIpc) is 2.78. The summed E-state index contributed by atoms with van der Waals surface area (Å²) >= 11 is 0. The summed E-state index contributed by atoms with van der Waals surface area (Å²) in [4.78, 5) is 18.0. The Balaban J connectivity index is 2.68. The molecule has 5 nitrogen and oxygen atoms in total. The molecule has 0 aromatic carbocycles. The van der Waals surface area contributed by atoms with E-state index in [0.29, 0.717) is 32.0 Å². The summed E-state index contributed by atoms with van der Waals surface area (Å²) in [5.74, 6) is 1.24. The second-order valence-electron chi connectivity index (χ2n) is 4.45. The number of carbonyl (C=O) groups is 1. The molecule has 1 aromatic heterocycles. The van der Waals surface area contributed by atoms with E-state index in [1.54, 1.807) is 11.1 Å². The summed E-state index contributed by atoms with van der Waals surface area (Å²) in [6, 6.07) is 2.06. The fourth-order valence-electron chi connectivity index (χ4n) is 1.84. The van der Waals surface area contributed by atoms with Gasteiger partial charge in [-0.05, 0) is 6.92 Å². The number of nitrogens with zero attached hydrogens (tertiary/aromatic N) is 4. The topological polar surface area (TPSA) is 61.9 Å². The van der Waals surface area contributed by atoms with Crippen molar-refractivity contribution in [2.45, 2.75) is 39.7 Å². The monoisotopic (exact) mass is 248 g/mol. The maximum atomic E-state index is 12.1. The van der Waals surface area contributed by atoms with E-state index in [1.165, 1.54) is 0 Å². The predicted molar refractivity (Wildman–Crippen MR) is 68.8 cm³/mol. The number of nitriles is 1. The number of carbonyl (C=O) groups excluding carboxylic acids is 1. The number of amides is 1. The Morgan fingerprint density at radius 2 is 2.33 bits per heavy atom. The molecule has 98 valence electrons. The molecule has 0 aliphatic carbocycles. The number of imidazole rings is 1. The van der Waals surface area contributed by atoms with Crippen LogP contribution in [0.5, 0.6) is 0 Å². The van der Waals surface area contributed by atoms with Gasteiger partial charge < -0.3 is 9.47 Å². The smallest absolute Gasteiger partial charge is 0.242 e. The van der Waals surface area contributed by atoms with Gasteiger partial charge in [0.15, 0.2) is 0 Å². The lowest BCUT2D eigenvalue weighted by Gasteiger charge is -2.20. The molecule has 1 rings (SSSR count). The molecule has 18 heavy (non-hydrogen) atoms. The second-order valence-corrected chi connectivity index (χ2v) is 4.45. The Labute approximate surface area is 108 Å². The van der Waals surface area contributed by atoms with Crippen LogP contribution < -0.4 is 0 Å². The third kappa shape index (κ3) is 3.59. The van der Waals surface area contributed by atoms with Gasteiger partial charge in [-0.3, -0.25) is 4.79 Å². The minimum absolute atomic E-state index is 0.0349. The molecule has 0 spiro atoms. The molecule has 1 aromatic rings. The highest BCUT2D eigenvalue weighted by atomic mass is 16.2. The van der Waals surface area contributed by atoms with Gasteiger partial charge in [-0.15, -0.1) is 0 Å². The molecule has 1 amide bonds. The number of hydrogen-bond acceptors (Lipinski definition) is 3. The molecule has 0 aliphatic heterocycles. The molecule has 0 aliphatic rings. The summed E-state index contributed by atoms with van der Waals surface area (Å²) < 4.78 is 1.88. The standard InChI is InChI=1S/C13H20N4O/c1-4-16(8-5-6-14)12(18)10-17-9-7-15-13(17)11(2)3/h7,9,11H,4-5,8,10H2,1-3H3. The number of likely N-dealkylation sites (N-methyl/N-ethyl adjacent to an activating group) is 1. The van der Waals surface area contributed by atoms with Crippen molar-refractivity contribution >= 4 is 5.91 Å². The molecule has 0 unspecified atom stereocenters. The third-order valence-corrected chi connectivity index (χ3v) is 2.80. The van der Waals surface area contributed by atoms with Gasteiger partial charge in [-0.25, -0.2) is 4.98 Å². The maximum absolute atomic E-state index is 12.1. The highest BCUT2D eigenvalue weighted by Crippen LogP contribution is 2.11. The summed E-state index contributed by atoms with van der Waals surface area (Å²) in [5, 5.41) is 8.56. The molecule has 0 atom stereocenters. The van der Waals surface area contributed by atoms with Gasteiger partial charge >= 0.3 is 0 Å². The van der Waals surface area contributed by atoms with Crippen LogP contribution in [0.25, 0.3) is 0 Å². The first-order valence-corrected chi connectivity index (χ1v) is 6.25.